The molecule has 0 radical (unpaired) electrons. The molecule has 136 valence electrons. The van der Waals surface area contributed by atoms with Gasteiger partial charge in [0.2, 0.25) is 0 Å². The van der Waals surface area contributed by atoms with Crippen molar-refractivity contribution in [2.45, 2.75) is 61.4 Å². The molecule has 0 aromatic heterocycles. The van der Waals surface area contributed by atoms with Crippen molar-refractivity contribution >= 4 is 45.2 Å². The van der Waals surface area contributed by atoms with Crippen molar-refractivity contribution in [3.8, 4) is 0 Å². The maximum absolute atomic E-state index is 9.97. The van der Waals surface area contributed by atoms with Gasteiger partial charge >= 0.3 is 0 Å². The zero-order valence-corrected chi connectivity index (χ0v) is 16.2. The van der Waals surface area contributed by atoms with Crippen molar-refractivity contribution in [1.29, 1.82) is 0 Å². The van der Waals surface area contributed by atoms with Crippen LogP contribution in [0.2, 0.25) is 0 Å². The standard InChI is InChI=1S/C12H20I2O9/c13-1-3-5(15)7(17)9(19)11(21-3)23-12-10(20)8(18)6(16)4(2-14)22-12/h3-12,15-20H,1-2H2. The van der Waals surface area contributed by atoms with E-state index >= 15 is 0 Å². The molecule has 11 heteroatoms. The SMILES string of the molecule is OC1C(CI)OC(OC2OC(CI)C(O)C(O)C2O)C(O)C1O. The van der Waals surface area contributed by atoms with Crippen LogP contribution in [0.15, 0.2) is 0 Å². The van der Waals surface area contributed by atoms with Crippen LogP contribution in [0.25, 0.3) is 0 Å². The van der Waals surface area contributed by atoms with Crippen LogP contribution in [-0.2, 0) is 14.2 Å². The summed E-state index contributed by atoms with van der Waals surface area (Å²) in [4.78, 5) is 0. The molecule has 0 aromatic rings. The van der Waals surface area contributed by atoms with Gasteiger partial charge in [-0.3, -0.25) is 0 Å². The largest absolute Gasteiger partial charge is 0.388 e. The summed E-state index contributed by atoms with van der Waals surface area (Å²) in [6, 6.07) is 0. The quantitative estimate of drug-likeness (QED) is 0.162. The fourth-order valence-electron chi connectivity index (χ4n) is 2.45. The van der Waals surface area contributed by atoms with E-state index in [-0.39, 0.29) is 0 Å². The van der Waals surface area contributed by atoms with Crippen LogP contribution in [0.3, 0.4) is 0 Å². The highest BCUT2D eigenvalue weighted by Crippen LogP contribution is 2.29. The number of halogens is 2. The second-order valence-electron chi connectivity index (χ2n) is 5.47. The summed E-state index contributed by atoms with van der Waals surface area (Å²) in [6.45, 7) is 0. The summed E-state index contributed by atoms with van der Waals surface area (Å²) >= 11 is 3.90. The zero-order valence-electron chi connectivity index (χ0n) is 11.9. The number of rotatable bonds is 4. The van der Waals surface area contributed by atoms with Gasteiger partial charge in [0.15, 0.2) is 12.6 Å². The molecule has 6 N–H and O–H groups in total. The van der Waals surface area contributed by atoms with Gasteiger partial charge in [-0.15, -0.1) is 0 Å². The first kappa shape index (κ1) is 20.4. The average Bonchev–Trinajstić information content (AvgIpc) is 2.55. The van der Waals surface area contributed by atoms with Crippen LogP contribution in [0.1, 0.15) is 0 Å². The maximum atomic E-state index is 9.97. The Labute approximate surface area is 159 Å². The Kier molecular flexibility index (Phi) is 7.68. The van der Waals surface area contributed by atoms with Crippen molar-refractivity contribution in [2.75, 3.05) is 8.86 Å². The second-order valence-corrected chi connectivity index (χ2v) is 7.24. The second kappa shape index (κ2) is 8.66. The van der Waals surface area contributed by atoms with E-state index in [2.05, 4.69) is 0 Å². The van der Waals surface area contributed by atoms with E-state index < -0.39 is 61.4 Å². The molecular weight excluding hydrogens is 542 g/mol. The normalized spacial score (nSPS) is 51.7. The minimum absolute atomic E-state index is 0.342. The van der Waals surface area contributed by atoms with E-state index in [4.69, 9.17) is 14.2 Å². The van der Waals surface area contributed by atoms with Gasteiger partial charge in [0.1, 0.15) is 36.6 Å². The van der Waals surface area contributed by atoms with Gasteiger partial charge in [0.05, 0.1) is 12.2 Å². The fraction of sp³-hybridized carbons (Fsp3) is 1.00. The molecule has 2 saturated heterocycles. The van der Waals surface area contributed by atoms with Crippen LogP contribution < -0.4 is 0 Å². The van der Waals surface area contributed by atoms with E-state index in [0.717, 1.165) is 0 Å². The number of alkyl halides is 2. The van der Waals surface area contributed by atoms with Crippen molar-refractivity contribution in [1.82, 2.24) is 0 Å². The van der Waals surface area contributed by atoms with E-state index in [1.807, 2.05) is 45.2 Å². The summed E-state index contributed by atoms with van der Waals surface area (Å²) in [5, 5.41) is 59.2. The van der Waals surface area contributed by atoms with Gasteiger partial charge in [-0.25, -0.2) is 0 Å². The van der Waals surface area contributed by atoms with E-state index in [1.54, 1.807) is 0 Å². The summed E-state index contributed by atoms with van der Waals surface area (Å²) in [7, 11) is 0. The lowest BCUT2D eigenvalue weighted by molar-refractivity contribution is -0.369. The minimum Gasteiger partial charge on any atom is -0.388 e. The lowest BCUT2D eigenvalue weighted by Crippen LogP contribution is -2.63. The fourth-order valence-corrected chi connectivity index (χ4v) is 3.90. The Balaban J connectivity index is 2.07. The lowest BCUT2D eigenvalue weighted by Gasteiger charge is -2.44. The molecule has 10 atom stereocenters. The number of ether oxygens (including phenoxy) is 3. The summed E-state index contributed by atoms with van der Waals surface area (Å²) in [6.07, 6.45) is -12.9. The highest BCUT2D eigenvalue weighted by Gasteiger charge is 2.49. The maximum Gasteiger partial charge on any atom is 0.189 e. The van der Waals surface area contributed by atoms with Gasteiger partial charge in [0.25, 0.3) is 0 Å². The molecule has 0 spiro atoms. The Hall–Kier alpha value is 1.10. The number of hydrogen-bond donors (Lipinski definition) is 6. The van der Waals surface area contributed by atoms with Gasteiger partial charge in [-0.05, 0) is 0 Å². The lowest BCUT2D eigenvalue weighted by atomic mass is 9.99. The van der Waals surface area contributed by atoms with E-state index in [1.165, 1.54) is 0 Å². The molecular formula is C12H20I2O9. The molecule has 2 fully saturated rings. The Morgan fingerprint density at radius 3 is 1.26 bits per heavy atom. The first-order valence-electron chi connectivity index (χ1n) is 6.98. The molecule has 10 unspecified atom stereocenters. The summed E-state index contributed by atoms with van der Waals surface area (Å²) in [5.41, 5.74) is 0. The predicted octanol–water partition coefficient (Wildman–Crippen LogP) is -2.51. The van der Waals surface area contributed by atoms with Crippen LogP contribution in [0.5, 0.6) is 0 Å². The number of hydrogen-bond acceptors (Lipinski definition) is 9. The first-order chi connectivity index (χ1) is 10.8. The first-order valence-corrected chi connectivity index (χ1v) is 10.0. The Morgan fingerprint density at radius 2 is 0.957 bits per heavy atom. The molecule has 2 rings (SSSR count). The molecule has 2 heterocycles. The average molecular weight is 562 g/mol. The summed E-state index contributed by atoms with van der Waals surface area (Å²) < 4.78 is 16.8. The van der Waals surface area contributed by atoms with Gasteiger partial charge in [0, 0.05) is 8.86 Å². The Bertz CT molecular complexity index is 352. The topological polar surface area (TPSA) is 149 Å². The van der Waals surface area contributed by atoms with Crippen LogP contribution in [0.4, 0.5) is 0 Å². The van der Waals surface area contributed by atoms with Crippen molar-refractivity contribution in [3.05, 3.63) is 0 Å². The minimum atomic E-state index is -1.55. The molecule has 0 aromatic carbocycles. The van der Waals surface area contributed by atoms with Gasteiger partial charge in [-0.1, -0.05) is 45.2 Å². The third kappa shape index (κ3) is 4.27. The van der Waals surface area contributed by atoms with E-state index in [9.17, 15) is 30.6 Å². The summed E-state index contributed by atoms with van der Waals surface area (Å²) in [5.74, 6) is 0. The van der Waals surface area contributed by atoms with Crippen molar-refractivity contribution in [2.24, 2.45) is 0 Å². The molecule has 0 aliphatic carbocycles. The molecule has 0 amide bonds. The molecule has 9 nitrogen and oxygen atoms in total. The molecule has 23 heavy (non-hydrogen) atoms. The smallest absolute Gasteiger partial charge is 0.189 e. The highest BCUT2D eigenvalue weighted by molar-refractivity contribution is 14.1. The third-order valence-corrected chi connectivity index (χ3v) is 5.65. The van der Waals surface area contributed by atoms with E-state index in [0.29, 0.717) is 8.86 Å². The highest BCUT2D eigenvalue weighted by atomic mass is 127. The van der Waals surface area contributed by atoms with Crippen molar-refractivity contribution < 1.29 is 44.8 Å². The third-order valence-electron chi connectivity index (χ3n) is 3.91. The molecule has 2 aliphatic heterocycles. The van der Waals surface area contributed by atoms with Crippen LogP contribution in [0, 0.1) is 0 Å². The predicted molar refractivity (Wildman–Crippen MR) is 92.2 cm³/mol. The van der Waals surface area contributed by atoms with Crippen LogP contribution in [-0.4, -0.2) is 101 Å². The van der Waals surface area contributed by atoms with Crippen molar-refractivity contribution in [3.63, 3.8) is 0 Å². The monoisotopic (exact) mass is 562 g/mol. The number of aliphatic hydroxyl groups is 6. The van der Waals surface area contributed by atoms with Crippen LogP contribution >= 0.6 is 45.2 Å². The molecule has 0 bridgehead atoms. The molecule has 0 saturated carbocycles. The van der Waals surface area contributed by atoms with Gasteiger partial charge < -0.3 is 44.8 Å². The zero-order chi connectivity index (χ0) is 17.3. The number of aliphatic hydroxyl groups excluding tert-OH is 6. The van der Waals surface area contributed by atoms with Gasteiger partial charge in [-0.2, -0.15) is 0 Å². The Morgan fingerprint density at radius 1 is 0.609 bits per heavy atom. The molecule has 2 aliphatic rings.